The van der Waals surface area contributed by atoms with Gasteiger partial charge in [-0.15, -0.1) is 11.3 Å². The first kappa shape index (κ1) is 7.87. The van der Waals surface area contributed by atoms with E-state index in [1.807, 2.05) is 0 Å². The lowest BCUT2D eigenvalue weighted by molar-refractivity contribution is -0.385. The summed E-state index contributed by atoms with van der Waals surface area (Å²) in [4.78, 5) is 20.9. The van der Waals surface area contributed by atoms with Crippen molar-refractivity contribution < 1.29 is 9.72 Å². The molecule has 58 valence electrons. The van der Waals surface area contributed by atoms with Gasteiger partial charge in [-0.25, -0.2) is 0 Å². The van der Waals surface area contributed by atoms with Gasteiger partial charge < -0.3 is 0 Å². The number of nitro groups is 1. The molecule has 1 aromatic rings. The van der Waals surface area contributed by atoms with Crippen LogP contribution in [0.4, 0.5) is 5.69 Å². The zero-order valence-electron chi connectivity index (χ0n) is 5.73. The van der Waals surface area contributed by atoms with Crippen LogP contribution in [0.2, 0.25) is 0 Å². The van der Waals surface area contributed by atoms with Crippen molar-refractivity contribution in [1.82, 2.24) is 0 Å². The van der Waals surface area contributed by atoms with Crippen molar-refractivity contribution in [3.8, 4) is 0 Å². The number of nitrogens with zero attached hydrogens (tertiary/aromatic N) is 1. The monoisotopic (exact) mass is 171 g/mol. The van der Waals surface area contributed by atoms with Crippen LogP contribution in [0, 0.1) is 17.0 Å². The third kappa shape index (κ3) is 1.43. The molecule has 0 saturated heterocycles. The van der Waals surface area contributed by atoms with Crippen LogP contribution in [0.5, 0.6) is 0 Å². The number of carbonyl (C=O) groups excluding carboxylic acids is 1. The minimum Gasteiger partial charge on any atom is -0.297 e. The fraction of sp³-hybridized carbons (Fsp3) is 0.167. The maximum atomic E-state index is 10.2. The SMILES string of the molecule is Cc1sc(C=O)cc1[N+](=O)[O-]. The summed E-state index contributed by atoms with van der Waals surface area (Å²) in [5.41, 5.74) is 0.0251. The van der Waals surface area contributed by atoms with Gasteiger partial charge in [-0.1, -0.05) is 0 Å². The highest BCUT2D eigenvalue weighted by Gasteiger charge is 2.14. The molecule has 0 spiro atoms. The number of aryl methyl sites for hydroxylation is 1. The van der Waals surface area contributed by atoms with Crippen LogP contribution in [0.15, 0.2) is 6.07 Å². The summed E-state index contributed by atoms with van der Waals surface area (Å²) < 4.78 is 0. The molecule has 5 heteroatoms. The Kier molecular flexibility index (Phi) is 2.00. The first-order valence-electron chi connectivity index (χ1n) is 2.85. The van der Waals surface area contributed by atoms with E-state index in [0.29, 0.717) is 16.0 Å². The van der Waals surface area contributed by atoms with Gasteiger partial charge in [0, 0.05) is 6.07 Å². The van der Waals surface area contributed by atoms with Crippen LogP contribution < -0.4 is 0 Å². The lowest BCUT2D eigenvalue weighted by atomic mass is 10.4. The first-order chi connectivity index (χ1) is 5.15. The van der Waals surface area contributed by atoms with E-state index in [-0.39, 0.29) is 5.69 Å². The minimum atomic E-state index is -0.487. The Morgan fingerprint density at radius 1 is 1.73 bits per heavy atom. The average molecular weight is 171 g/mol. The Bertz CT molecular complexity index is 305. The molecule has 0 aliphatic carbocycles. The molecule has 1 rings (SSSR count). The summed E-state index contributed by atoms with van der Waals surface area (Å²) in [6.07, 6.45) is 0.616. The van der Waals surface area contributed by atoms with E-state index in [2.05, 4.69) is 0 Å². The van der Waals surface area contributed by atoms with Gasteiger partial charge in [0.2, 0.25) is 0 Å². The third-order valence-electron chi connectivity index (χ3n) is 1.22. The second-order valence-corrected chi connectivity index (χ2v) is 3.25. The zero-order chi connectivity index (χ0) is 8.43. The molecule has 0 aliphatic rings. The standard InChI is InChI=1S/C6H5NO3S/c1-4-6(7(9)10)2-5(3-8)11-4/h2-3H,1H3. The molecule has 0 saturated carbocycles. The number of rotatable bonds is 2. The molecule has 0 unspecified atom stereocenters. The van der Waals surface area contributed by atoms with Crippen molar-refractivity contribution in [2.75, 3.05) is 0 Å². The zero-order valence-corrected chi connectivity index (χ0v) is 6.55. The van der Waals surface area contributed by atoms with Gasteiger partial charge in [0.15, 0.2) is 6.29 Å². The quantitative estimate of drug-likeness (QED) is 0.387. The first-order valence-corrected chi connectivity index (χ1v) is 3.67. The Morgan fingerprint density at radius 3 is 2.64 bits per heavy atom. The third-order valence-corrected chi connectivity index (χ3v) is 2.19. The molecule has 0 N–H and O–H groups in total. The molecule has 1 aromatic heterocycles. The lowest BCUT2D eigenvalue weighted by Crippen LogP contribution is -1.85. The fourth-order valence-electron chi connectivity index (χ4n) is 0.734. The summed E-state index contributed by atoms with van der Waals surface area (Å²) in [5, 5.41) is 10.2. The van der Waals surface area contributed by atoms with Crippen molar-refractivity contribution >= 4 is 23.3 Å². The average Bonchev–Trinajstić information content (AvgIpc) is 2.30. The number of carbonyl (C=O) groups is 1. The highest BCUT2D eigenvalue weighted by Crippen LogP contribution is 2.26. The van der Waals surface area contributed by atoms with Crippen LogP contribution in [-0.2, 0) is 0 Å². The maximum absolute atomic E-state index is 10.2. The summed E-state index contributed by atoms with van der Waals surface area (Å²) in [6.45, 7) is 1.62. The molecule has 1 heterocycles. The molecule has 4 nitrogen and oxygen atoms in total. The summed E-state index contributed by atoms with van der Waals surface area (Å²) in [6, 6.07) is 1.28. The summed E-state index contributed by atoms with van der Waals surface area (Å²) in [5.74, 6) is 0. The highest BCUT2D eigenvalue weighted by atomic mass is 32.1. The van der Waals surface area contributed by atoms with E-state index in [0.717, 1.165) is 11.3 Å². The van der Waals surface area contributed by atoms with E-state index in [9.17, 15) is 14.9 Å². The summed E-state index contributed by atoms with van der Waals surface area (Å²) in [7, 11) is 0. The Morgan fingerprint density at radius 2 is 2.36 bits per heavy atom. The van der Waals surface area contributed by atoms with E-state index in [1.54, 1.807) is 6.92 Å². The Labute approximate surface area is 66.6 Å². The fourth-order valence-corrected chi connectivity index (χ4v) is 1.54. The second-order valence-electron chi connectivity index (χ2n) is 1.97. The van der Waals surface area contributed by atoms with Gasteiger partial charge in [0.25, 0.3) is 5.69 Å². The highest BCUT2D eigenvalue weighted by molar-refractivity contribution is 7.14. The molecule has 11 heavy (non-hydrogen) atoms. The van der Waals surface area contributed by atoms with Crippen molar-refractivity contribution in [1.29, 1.82) is 0 Å². The predicted molar refractivity (Wildman–Crippen MR) is 41.1 cm³/mol. The number of hydrogen-bond donors (Lipinski definition) is 0. The number of hydrogen-bond acceptors (Lipinski definition) is 4. The van der Waals surface area contributed by atoms with Crippen molar-refractivity contribution in [3.63, 3.8) is 0 Å². The van der Waals surface area contributed by atoms with Crippen LogP contribution in [0.3, 0.4) is 0 Å². The molecular formula is C6H5NO3S. The number of aldehydes is 1. The molecule has 0 amide bonds. The topological polar surface area (TPSA) is 60.2 Å². The maximum Gasteiger partial charge on any atom is 0.283 e. The Balaban J connectivity index is 3.16. The van der Waals surface area contributed by atoms with Gasteiger partial charge in [0.1, 0.15) is 0 Å². The largest absolute Gasteiger partial charge is 0.297 e. The molecule has 0 atom stereocenters. The van der Waals surface area contributed by atoms with Gasteiger partial charge in [0.05, 0.1) is 14.7 Å². The van der Waals surface area contributed by atoms with Crippen molar-refractivity contribution in [2.24, 2.45) is 0 Å². The van der Waals surface area contributed by atoms with Crippen molar-refractivity contribution in [2.45, 2.75) is 6.92 Å². The van der Waals surface area contributed by atoms with Crippen LogP contribution in [0.25, 0.3) is 0 Å². The molecule has 0 radical (unpaired) electrons. The van der Waals surface area contributed by atoms with E-state index in [1.165, 1.54) is 6.07 Å². The van der Waals surface area contributed by atoms with Gasteiger partial charge in [-0.05, 0) is 6.92 Å². The van der Waals surface area contributed by atoms with E-state index in [4.69, 9.17) is 0 Å². The minimum absolute atomic E-state index is 0.0251. The predicted octanol–water partition coefficient (Wildman–Crippen LogP) is 1.78. The molecule has 0 aromatic carbocycles. The van der Waals surface area contributed by atoms with Gasteiger partial charge in [-0.2, -0.15) is 0 Å². The number of thiophene rings is 1. The van der Waals surface area contributed by atoms with Crippen molar-refractivity contribution in [3.05, 3.63) is 25.9 Å². The van der Waals surface area contributed by atoms with Gasteiger partial charge >= 0.3 is 0 Å². The second kappa shape index (κ2) is 2.79. The van der Waals surface area contributed by atoms with Gasteiger partial charge in [-0.3, -0.25) is 14.9 Å². The smallest absolute Gasteiger partial charge is 0.283 e. The van der Waals surface area contributed by atoms with Crippen LogP contribution in [-0.4, -0.2) is 11.2 Å². The Hall–Kier alpha value is -1.23. The lowest BCUT2D eigenvalue weighted by Gasteiger charge is -1.83. The molecular weight excluding hydrogens is 166 g/mol. The van der Waals surface area contributed by atoms with Crippen LogP contribution in [0.1, 0.15) is 14.5 Å². The van der Waals surface area contributed by atoms with E-state index < -0.39 is 4.92 Å². The van der Waals surface area contributed by atoms with E-state index >= 15 is 0 Å². The van der Waals surface area contributed by atoms with Crippen LogP contribution >= 0.6 is 11.3 Å². The normalized spacial score (nSPS) is 9.55. The summed E-state index contributed by atoms with van der Waals surface area (Å²) >= 11 is 1.13. The molecule has 0 fully saturated rings. The molecule has 0 bridgehead atoms. The molecule has 0 aliphatic heterocycles.